The highest BCUT2D eigenvalue weighted by molar-refractivity contribution is 5.51. The number of anilines is 2. The van der Waals surface area contributed by atoms with Crippen LogP contribution in [0.15, 0.2) is 28.8 Å². The molecule has 3 rings (SSSR count). The number of nitrogens with one attached hydrogen (secondary N) is 1. The minimum Gasteiger partial charge on any atom is -0.360 e. The van der Waals surface area contributed by atoms with Crippen molar-refractivity contribution in [2.75, 3.05) is 18.9 Å². The Bertz CT molecular complexity index is 566. The van der Waals surface area contributed by atoms with Crippen molar-refractivity contribution in [3.05, 3.63) is 35.7 Å². The first kappa shape index (κ1) is 12.2. The third-order valence-corrected chi connectivity index (χ3v) is 3.52. The molecule has 3 heterocycles. The predicted octanol–water partition coefficient (Wildman–Crippen LogP) is 2.89. The van der Waals surface area contributed by atoms with Gasteiger partial charge in [-0.05, 0) is 45.5 Å². The maximum atomic E-state index is 5.04. The van der Waals surface area contributed by atoms with Crippen LogP contribution in [0.4, 0.5) is 11.6 Å². The van der Waals surface area contributed by atoms with Crippen molar-refractivity contribution in [3.8, 4) is 0 Å². The minimum absolute atomic E-state index is 0.431. The smallest absolute Gasteiger partial charge is 0.175 e. The summed E-state index contributed by atoms with van der Waals surface area (Å²) >= 11 is 0. The molecule has 5 heteroatoms. The number of hydrogen-bond acceptors (Lipinski definition) is 5. The molecule has 1 aliphatic heterocycles. The largest absolute Gasteiger partial charge is 0.360 e. The van der Waals surface area contributed by atoms with Gasteiger partial charge in [-0.25, -0.2) is 4.98 Å². The van der Waals surface area contributed by atoms with Gasteiger partial charge in [0.15, 0.2) is 5.82 Å². The third-order valence-electron chi connectivity index (χ3n) is 3.52. The molecular formula is C14H18N4O. The van der Waals surface area contributed by atoms with Crippen molar-refractivity contribution in [2.45, 2.75) is 25.8 Å². The Balaban J connectivity index is 1.79. The molecular weight excluding hydrogens is 240 g/mol. The topological polar surface area (TPSA) is 54.2 Å². The van der Waals surface area contributed by atoms with E-state index in [9.17, 15) is 0 Å². The third kappa shape index (κ3) is 2.61. The van der Waals surface area contributed by atoms with Gasteiger partial charge in [0.1, 0.15) is 11.6 Å². The van der Waals surface area contributed by atoms with Crippen LogP contribution in [0, 0.1) is 6.92 Å². The van der Waals surface area contributed by atoms with Crippen LogP contribution in [0.3, 0.4) is 0 Å². The van der Waals surface area contributed by atoms with E-state index < -0.39 is 0 Å². The standard InChI is InChI=1S/C14H18N4O/c1-10-9-14(17-19-10)16-13-7-3-5-11(15-13)12-6-4-8-18(12)2/h3,5,7,9,12H,4,6,8H2,1-2H3,(H,15,16,17)/t12-/m1/s1. The van der Waals surface area contributed by atoms with Crippen LogP contribution in [0.5, 0.6) is 0 Å². The molecule has 100 valence electrons. The molecule has 0 amide bonds. The first-order valence-corrected chi connectivity index (χ1v) is 6.60. The fraction of sp³-hybridized carbons (Fsp3) is 0.429. The number of hydrogen-bond donors (Lipinski definition) is 1. The molecule has 0 radical (unpaired) electrons. The van der Waals surface area contributed by atoms with E-state index in [2.05, 4.69) is 33.5 Å². The molecule has 2 aromatic heterocycles. The monoisotopic (exact) mass is 258 g/mol. The summed E-state index contributed by atoms with van der Waals surface area (Å²) in [6, 6.07) is 8.36. The summed E-state index contributed by atoms with van der Waals surface area (Å²) in [5.41, 5.74) is 1.12. The summed E-state index contributed by atoms with van der Waals surface area (Å²) in [7, 11) is 2.15. The number of aromatic nitrogens is 2. The number of aryl methyl sites for hydroxylation is 1. The number of rotatable bonds is 3. The van der Waals surface area contributed by atoms with E-state index in [-0.39, 0.29) is 0 Å². The Morgan fingerprint density at radius 3 is 2.95 bits per heavy atom. The van der Waals surface area contributed by atoms with Crippen LogP contribution in [0.25, 0.3) is 0 Å². The zero-order chi connectivity index (χ0) is 13.2. The van der Waals surface area contributed by atoms with E-state index in [4.69, 9.17) is 4.52 Å². The highest BCUT2D eigenvalue weighted by atomic mass is 16.5. The Kier molecular flexibility index (Phi) is 3.21. The average molecular weight is 258 g/mol. The molecule has 1 fully saturated rings. The van der Waals surface area contributed by atoms with Crippen LogP contribution in [0.1, 0.15) is 30.3 Å². The molecule has 1 atom stereocenters. The Labute approximate surface area is 112 Å². The van der Waals surface area contributed by atoms with Crippen molar-refractivity contribution < 1.29 is 4.52 Å². The minimum atomic E-state index is 0.431. The Morgan fingerprint density at radius 2 is 2.26 bits per heavy atom. The van der Waals surface area contributed by atoms with Gasteiger partial charge in [0.25, 0.3) is 0 Å². The van der Waals surface area contributed by atoms with Crippen molar-refractivity contribution in [1.82, 2.24) is 15.0 Å². The second-order valence-corrected chi connectivity index (χ2v) is 5.03. The molecule has 19 heavy (non-hydrogen) atoms. The average Bonchev–Trinajstić information content (AvgIpc) is 2.99. The number of likely N-dealkylation sites (tertiary alicyclic amines) is 1. The van der Waals surface area contributed by atoms with Gasteiger partial charge < -0.3 is 9.84 Å². The zero-order valence-corrected chi connectivity index (χ0v) is 11.3. The van der Waals surface area contributed by atoms with E-state index in [1.54, 1.807) is 0 Å². The predicted molar refractivity (Wildman–Crippen MR) is 73.4 cm³/mol. The lowest BCUT2D eigenvalue weighted by Gasteiger charge is -2.19. The van der Waals surface area contributed by atoms with Gasteiger partial charge in [-0.3, -0.25) is 4.90 Å². The first-order chi connectivity index (χ1) is 9.22. The fourth-order valence-electron chi connectivity index (χ4n) is 2.55. The normalized spacial score (nSPS) is 19.8. The summed E-state index contributed by atoms with van der Waals surface area (Å²) in [6.07, 6.45) is 2.42. The van der Waals surface area contributed by atoms with Gasteiger partial charge in [-0.1, -0.05) is 11.2 Å². The molecule has 0 bridgehead atoms. The maximum absolute atomic E-state index is 5.04. The Hall–Kier alpha value is -1.88. The van der Waals surface area contributed by atoms with Gasteiger partial charge in [0, 0.05) is 6.07 Å². The zero-order valence-electron chi connectivity index (χ0n) is 11.3. The van der Waals surface area contributed by atoms with Gasteiger partial charge in [0.05, 0.1) is 11.7 Å². The highest BCUT2D eigenvalue weighted by Crippen LogP contribution is 2.29. The van der Waals surface area contributed by atoms with Gasteiger partial charge >= 0.3 is 0 Å². The van der Waals surface area contributed by atoms with Crippen LogP contribution < -0.4 is 5.32 Å². The van der Waals surface area contributed by atoms with E-state index >= 15 is 0 Å². The molecule has 2 aromatic rings. The van der Waals surface area contributed by atoms with E-state index in [1.165, 1.54) is 12.8 Å². The van der Waals surface area contributed by atoms with Crippen LogP contribution in [-0.2, 0) is 0 Å². The van der Waals surface area contributed by atoms with E-state index in [1.807, 2.05) is 25.1 Å². The van der Waals surface area contributed by atoms with Gasteiger partial charge in [0.2, 0.25) is 0 Å². The van der Waals surface area contributed by atoms with Crippen LogP contribution in [0.2, 0.25) is 0 Å². The van der Waals surface area contributed by atoms with Crippen molar-refractivity contribution >= 4 is 11.6 Å². The molecule has 0 spiro atoms. The van der Waals surface area contributed by atoms with Crippen molar-refractivity contribution in [1.29, 1.82) is 0 Å². The lowest BCUT2D eigenvalue weighted by Crippen LogP contribution is -2.18. The maximum Gasteiger partial charge on any atom is 0.175 e. The van der Waals surface area contributed by atoms with Gasteiger partial charge in [-0.2, -0.15) is 0 Å². The SMILES string of the molecule is Cc1cc(Nc2cccc([C@H]3CCCN3C)n2)no1. The summed E-state index contributed by atoms with van der Waals surface area (Å²) < 4.78 is 5.04. The second-order valence-electron chi connectivity index (χ2n) is 5.03. The first-order valence-electron chi connectivity index (χ1n) is 6.60. The van der Waals surface area contributed by atoms with Crippen molar-refractivity contribution in [2.24, 2.45) is 0 Å². The fourth-order valence-corrected chi connectivity index (χ4v) is 2.55. The molecule has 0 aliphatic carbocycles. The Morgan fingerprint density at radius 1 is 1.37 bits per heavy atom. The summed E-state index contributed by atoms with van der Waals surface area (Å²) in [6.45, 7) is 3.02. The van der Waals surface area contributed by atoms with Gasteiger partial charge in [-0.15, -0.1) is 0 Å². The lowest BCUT2D eigenvalue weighted by molar-refractivity contribution is 0.312. The van der Waals surface area contributed by atoms with E-state index in [0.717, 1.165) is 23.8 Å². The highest BCUT2D eigenvalue weighted by Gasteiger charge is 2.23. The van der Waals surface area contributed by atoms with Crippen LogP contribution >= 0.6 is 0 Å². The number of nitrogens with zero attached hydrogens (tertiary/aromatic N) is 3. The molecule has 0 aromatic carbocycles. The number of pyridine rings is 1. The van der Waals surface area contributed by atoms with Crippen LogP contribution in [-0.4, -0.2) is 28.6 Å². The molecule has 0 saturated carbocycles. The summed E-state index contributed by atoms with van der Waals surface area (Å²) in [4.78, 5) is 7.03. The molecule has 1 N–H and O–H groups in total. The lowest BCUT2D eigenvalue weighted by atomic mass is 10.1. The summed E-state index contributed by atoms with van der Waals surface area (Å²) in [5, 5.41) is 7.09. The second kappa shape index (κ2) is 5.01. The quantitative estimate of drug-likeness (QED) is 0.917. The molecule has 0 unspecified atom stereocenters. The molecule has 1 saturated heterocycles. The molecule has 5 nitrogen and oxygen atoms in total. The van der Waals surface area contributed by atoms with E-state index in [0.29, 0.717) is 11.9 Å². The molecule has 1 aliphatic rings. The summed E-state index contributed by atoms with van der Waals surface area (Å²) in [5.74, 6) is 2.29. The van der Waals surface area contributed by atoms with Crippen molar-refractivity contribution in [3.63, 3.8) is 0 Å².